The first kappa shape index (κ1) is 64.3. The van der Waals surface area contributed by atoms with Crippen LogP contribution in [0.3, 0.4) is 0 Å². The second-order valence-electron chi connectivity index (χ2n) is 32.8. The summed E-state index contributed by atoms with van der Waals surface area (Å²) >= 11 is 0. The highest BCUT2D eigenvalue weighted by atomic mass is 16.3. The van der Waals surface area contributed by atoms with Crippen molar-refractivity contribution in [3.8, 4) is 34.5 Å². The maximum atomic E-state index is 12.8. The zero-order valence-corrected chi connectivity index (χ0v) is 54.9. The number of phenolic OH excluding ortho intramolecular Hbond substituents is 6. The fourth-order valence-electron chi connectivity index (χ4n) is 11.6. The predicted molar refractivity (Wildman–Crippen MR) is 342 cm³/mol. The predicted octanol–water partition coefficient (Wildman–Crippen LogP) is 19.0. The molecule has 0 atom stereocenters. The molecule has 0 spiro atoms. The Labute approximate surface area is 490 Å². The van der Waals surface area contributed by atoms with Gasteiger partial charge in [-0.15, -0.1) is 0 Å². The van der Waals surface area contributed by atoms with Crippen molar-refractivity contribution in [2.24, 2.45) is 0 Å². The lowest BCUT2D eigenvalue weighted by molar-refractivity contribution is 0.421. The Morgan fingerprint density at radius 3 is 0.469 bits per heavy atom. The number of hydrogen-bond acceptors (Lipinski definition) is 6. The minimum atomic E-state index is -0.719. The van der Waals surface area contributed by atoms with Crippen LogP contribution in [0.15, 0.2) is 72.8 Å². The molecule has 81 heavy (non-hydrogen) atoms. The van der Waals surface area contributed by atoms with Crippen molar-refractivity contribution in [2.45, 2.75) is 254 Å². The van der Waals surface area contributed by atoms with Gasteiger partial charge < -0.3 is 30.6 Å². The van der Waals surface area contributed by atoms with Crippen molar-refractivity contribution < 1.29 is 30.6 Å². The van der Waals surface area contributed by atoms with Crippen LogP contribution in [0.4, 0.5) is 0 Å². The van der Waals surface area contributed by atoms with E-state index in [2.05, 4.69) is 253 Å². The number of hydrogen-bond donors (Lipinski definition) is 6. The summed E-state index contributed by atoms with van der Waals surface area (Å²) in [5.41, 5.74) is 12.2. The van der Waals surface area contributed by atoms with Crippen LogP contribution in [0.2, 0.25) is 0 Å². The highest BCUT2D eigenvalue weighted by Crippen LogP contribution is 2.48. The summed E-state index contributed by atoms with van der Waals surface area (Å²) in [6, 6.07) is 25.4. The van der Waals surface area contributed by atoms with Gasteiger partial charge in [0, 0.05) is 31.1 Å². The zero-order valence-electron chi connectivity index (χ0n) is 54.9. The first-order valence-electron chi connectivity index (χ1n) is 29.6. The molecule has 6 rings (SSSR count). The van der Waals surface area contributed by atoms with Crippen LogP contribution < -0.4 is 0 Å². The summed E-state index contributed by atoms with van der Waals surface area (Å²) in [6.07, 6.45) is 1.60. The molecular formula is C75H104O6. The van der Waals surface area contributed by atoms with Gasteiger partial charge in [-0.05, 0) is 143 Å². The first-order chi connectivity index (χ1) is 36.4. The molecule has 0 heterocycles. The Bertz CT molecular complexity index is 2770. The summed E-state index contributed by atoms with van der Waals surface area (Å²) in [5, 5.41) is 73.0. The molecule has 0 radical (unpaired) electrons. The third-order valence-electron chi connectivity index (χ3n) is 16.7. The normalized spacial score (nSPS) is 13.6. The smallest absolute Gasteiger partial charge is 0.123 e. The van der Waals surface area contributed by atoms with Gasteiger partial charge in [-0.2, -0.15) is 0 Å². The summed E-state index contributed by atoms with van der Waals surface area (Å²) < 4.78 is 0. The maximum Gasteiger partial charge on any atom is 0.123 e. The molecule has 6 aromatic rings. The van der Waals surface area contributed by atoms with Crippen molar-refractivity contribution in [1.82, 2.24) is 0 Å². The monoisotopic (exact) mass is 1100 g/mol. The van der Waals surface area contributed by atoms with Gasteiger partial charge in [-0.25, -0.2) is 0 Å². The van der Waals surface area contributed by atoms with Crippen molar-refractivity contribution in [3.05, 3.63) is 173 Å². The van der Waals surface area contributed by atoms with Crippen LogP contribution >= 0.6 is 0 Å². The molecule has 0 aromatic heterocycles. The largest absolute Gasteiger partial charge is 0.507 e. The molecule has 0 bridgehead atoms. The SMILES string of the molecule is CC(C)(C)c1cc(Cc2cc(C(C)(C)c3cc(Cc4cc(C(C)(C)C)c(O)c(C(C)(C)C)c4)c(O)c(Cc4cc(C(C)(C)C)c(O)c(C(C)(C)C)c4)c3)cc(Cc3cc(C(C)(C)C)c(O)c(C(C)(C)C)c3)c2O)cc(C(C)(C)C)c1O. The highest BCUT2D eigenvalue weighted by Gasteiger charge is 2.34. The maximum absolute atomic E-state index is 12.8. The van der Waals surface area contributed by atoms with E-state index < -0.39 is 5.41 Å². The van der Waals surface area contributed by atoms with Gasteiger partial charge in [-0.3, -0.25) is 0 Å². The van der Waals surface area contributed by atoms with Gasteiger partial charge >= 0.3 is 0 Å². The number of benzene rings is 6. The van der Waals surface area contributed by atoms with Gasteiger partial charge in [0.2, 0.25) is 0 Å². The molecule has 6 aromatic carbocycles. The Morgan fingerprint density at radius 2 is 0.346 bits per heavy atom. The van der Waals surface area contributed by atoms with E-state index in [1.54, 1.807) is 0 Å². The standard InChI is InChI=1S/C75H104O6/c1-67(2,3)53-31-43(32-54(63(53)78)68(4,5)6)27-47-39-51(40-48(61(47)76)28-44-33-55(69(7,8)9)64(79)56(34-44)70(10,11)12)75(25,26)52-41-49(29-45-35-57(71(13,14)15)65(80)58(36-45)72(16,17)18)62(77)50(42-52)30-46-37-59(73(19,20)21)66(81)60(38-46)74(22,23)24/h31-42,76-81H,27-30H2,1-26H3. The molecule has 6 N–H and O–H groups in total. The van der Waals surface area contributed by atoms with Crippen LogP contribution in [0, 0.1) is 0 Å². The topological polar surface area (TPSA) is 121 Å². The fourth-order valence-corrected chi connectivity index (χ4v) is 11.6. The minimum Gasteiger partial charge on any atom is -0.507 e. The van der Waals surface area contributed by atoms with Crippen molar-refractivity contribution in [2.75, 3.05) is 0 Å². The van der Waals surface area contributed by atoms with Crippen LogP contribution in [-0.4, -0.2) is 30.6 Å². The summed E-state index contributed by atoms with van der Waals surface area (Å²) in [6.45, 7) is 55.4. The molecule has 0 amide bonds. The van der Waals surface area contributed by atoms with Gasteiger partial charge in [0.25, 0.3) is 0 Å². The molecule has 0 saturated heterocycles. The molecule has 0 fully saturated rings. The average Bonchev–Trinajstić information content (AvgIpc) is 3.27. The molecule has 0 unspecified atom stereocenters. The molecule has 6 nitrogen and oxygen atoms in total. The van der Waals surface area contributed by atoms with Crippen molar-refractivity contribution in [3.63, 3.8) is 0 Å². The third-order valence-corrected chi connectivity index (χ3v) is 16.7. The van der Waals surface area contributed by atoms with Gasteiger partial charge in [0.05, 0.1) is 0 Å². The lowest BCUT2D eigenvalue weighted by atomic mass is 9.73. The minimum absolute atomic E-state index is 0.209. The Morgan fingerprint density at radius 1 is 0.210 bits per heavy atom. The van der Waals surface area contributed by atoms with E-state index in [1.807, 2.05) is 0 Å². The summed E-state index contributed by atoms with van der Waals surface area (Å²) in [5.74, 6) is 1.65. The quantitative estimate of drug-likeness (QED) is 0.0813. The molecule has 0 aliphatic heterocycles. The fraction of sp³-hybridized carbons (Fsp3) is 0.520. The molecule has 440 valence electrons. The van der Waals surface area contributed by atoms with E-state index in [9.17, 15) is 30.6 Å². The van der Waals surface area contributed by atoms with E-state index in [1.165, 1.54) is 0 Å². The van der Waals surface area contributed by atoms with Crippen molar-refractivity contribution >= 4 is 0 Å². The van der Waals surface area contributed by atoms with E-state index in [-0.39, 0.29) is 54.8 Å². The number of rotatable bonds is 10. The first-order valence-corrected chi connectivity index (χ1v) is 29.6. The second-order valence-corrected chi connectivity index (χ2v) is 32.8. The van der Waals surface area contributed by atoms with Crippen LogP contribution in [-0.2, 0) is 74.4 Å². The van der Waals surface area contributed by atoms with Gasteiger partial charge in [0.15, 0.2) is 0 Å². The van der Waals surface area contributed by atoms with Crippen LogP contribution in [0.25, 0.3) is 0 Å². The van der Waals surface area contributed by atoms with E-state index in [4.69, 9.17) is 0 Å². The van der Waals surface area contributed by atoms with Gasteiger partial charge in [0.1, 0.15) is 34.5 Å². The van der Waals surface area contributed by atoms with Gasteiger partial charge in [-0.1, -0.05) is 253 Å². The highest BCUT2D eigenvalue weighted by molar-refractivity contribution is 5.60. The lowest BCUT2D eigenvalue weighted by Gasteiger charge is -2.31. The van der Waals surface area contributed by atoms with E-state index in [0.717, 1.165) is 100 Å². The molecule has 0 aliphatic rings. The summed E-state index contributed by atoms with van der Waals surface area (Å²) in [7, 11) is 0. The third kappa shape index (κ3) is 14.0. The number of phenols is 6. The van der Waals surface area contributed by atoms with Crippen LogP contribution in [0.5, 0.6) is 34.5 Å². The van der Waals surface area contributed by atoms with Crippen molar-refractivity contribution in [1.29, 1.82) is 0 Å². The Balaban J connectivity index is 1.70. The second kappa shape index (κ2) is 21.4. The number of aromatic hydroxyl groups is 6. The van der Waals surface area contributed by atoms with Crippen LogP contribution in [0.1, 0.15) is 280 Å². The Hall–Kier alpha value is -5.88. The summed E-state index contributed by atoms with van der Waals surface area (Å²) in [4.78, 5) is 0. The zero-order chi connectivity index (χ0) is 61.7. The average molecular weight is 1100 g/mol. The van der Waals surface area contributed by atoms with E-state index in [0.29, 0.717) is 48.7 Å². The molecule has 0 saturated carbocycles. The molecule has 0 aliphatic carbocycles. The molecular weight excluding hydrogens is 997 g/mol. The lowest BCUT2D eigenvalue weighted by Crippen LogP contribution is -2.21. The Kier molecular flexibility index (Phi) is 17.0. The van der Waals surface area contributed by atoms with E-state index >= 15 is 0 Å². The molecule has 6 heteroatoms.